The molecular weight excluding hydrogens is 368 g/mol. The number of hydrogen-bond donors (Lipinski definition) is 0. The molecule has 8 heteroatoms. The summed E-state index contributed by atoms with van der Waals surface area (Å²) >= 11 is 0. The van der Waals surface area contributed by atoms with Crippen LogP contribution in [0.15, 0.2) is 35.2 Å². The molecule has 1 aromatic carbocycles. The summed E-state index contributed by atoms with van der Waals surface area (Å²) in [5.74, 6) is -0.855. The summed E-state index contributed by atoms with van der Waals surface area (Å²) in [5, 5.41) is -0.503. The largest absolute Gasteiger partial charge is 0.335 e. The highest BCUT2D eigenvalue weighted by Gasteiger charge is 2.47. The summed E-state index contributed by atoms with van der Waals surface area (Å²) in [7, 11) is -3.43. The van der Waals surface area contributed by atoms with Gasteiger partial charge in [-0.05, 0) is 37.8 Å². The summed E-state index contributed by atoms with van der Waals surface area (Å²) in [6, 6.07) is 8.14. The zero-order valence-corrected chi connectivity index (χ0v) is 15.7. The summed E-state index contributed by atoms with van der Waals surface area (Å²) < 4.78 is 25.9. The van der Waals surface area contributed by atoms with Gasteiger partial charge in [-0.2, -0.15) is 0 Å². The first-order valence-electron chi connectivity index (χ1n) is 9.31. The predicted octanol–water partition coefficient (Wildman–Crippen LogP) is 1.13. The molecule has 0 spiro atoms. The van der Waals surface area contributed by atoms with E-state index in [-0.39, 0.29) is 49.2 Å². The Morgan fingerprint density at radius 3 is 2.07 bits per heavy atom. The minimum Gasteiger partial charge on any atom is -0.335 e. The number of benzene rings is 1. The Balaban J connectivity index is 1.48. The van der Waals surface area contributed by atoms with Crippen LogP contribution in [-0.2, 0) is 24.2 Å². The molecule has 0 aromatic heterocycles. The van der Waals surface area contributed by atoms with Crippen molar-refractivity contribution in [1.29, 1.82) is 0 Å². The number of likely N-dealkylation sites (tertiary alicyclic amines) is 1. The van der Waals surface area contributed by atoms with Gasteiger partial charge in [-0.3, -0.25) is 19.3 Å². The van der Waals surface area contributed by atoms with Crippen molar-refractivity contribution in [3.63, 3.8) is 0 Å². The number of fused-ring (bicyclic) bond motifs is 2. The number of amides is 3. The second kappa shape index (κ2) is 6.74. The third-order valence-electron chi connectivity index (χ3n) is 5.94. The van der Waals surface area contributed by atoms with Crippen LogP contribution in [0.2, 0.25) is 0 Å². The van der Waals surface area contributed by atoms with Gasteiger partial charge in [0.05, 0.1) is 10.1 Å². The van der Waals surface area contributed by atoms with E-state index in [1.165, 1.54) is 0 Å². The number of piperidine rings is 1. The van der Waals surface area contributed by atoms with Gasteiger partial charge in [-0.1, -0.05) is 18.2 Å². The van der Waals surface area contributed by atoms with Crippen LogP contribution in [0.5, 0.6) is 0 Å². The molecule has 3 aliphatic heterocycles. The number of nitrogens with zero attached hydrogens (tertiary/aromatic N) is 2. The Bertz CT molecular complexity index is 853. The lowest BCUT2D eigenvalue weighted by Crippen LogP contribution is -2.53. The quantitative estimate of drug-likeness (QED) is 0.719. The van der Waals surface area contributed by atoms with Gasteiger partial charge in [0.1, 0.15) is 6.54 Å². The summed E-state index contributed by atoms with van der Waals surface area (Å²) in [6.07, 6.45) is 2.66. The van der Waals surface area contributed by atoms with Crippen LogP contribution < -0.4 is 0 Å². The van der Waals surface area contributed by atoms with Gasteiger partial charge in [0, 0.05) is 24.9 Å². The van der Waals surface area contributed by atoms with E-state index in [1.54, 1.807) is 35.2 Å². The highest BCUT2D eigenvalue weighted by Crippen LogP contribution is 2.40. The molecule has 0 aliphatic carbocycles. The van der Waals surface area contributed by atoms with Gasteiger partial charge < -0.3 is 4.90 Å². The van der Waals surface area contributed by atoms with Crippen LogP contribution in [-0.4, -0.2) is 59.8 Å². The normalized spacial score (nSPS) is 28.1. The Kier molecular flexibility index (Phi) is 4.53. The first kappa shape index (κ1) is 18.2. The monoisotopic (exact) mass is 390 g/mol. The molecule has 3 saturated heterocycles. The van der Waals surface area contributed by atoms with Gasteiger partial charge in [0.25, 0.3) is 0 Å². The van der Waals surface area contributed by atoms with E-state index in [2.05, 4.69) is 0 Å². The van der Waals surface area contributed by atoms with Crippen molar-refractivity contribution in [3.8, 4) is 0 Å². The fourth-order valence-corrected chi connectivity index (χ4v) is 6.48. The van der Waals surface area contributed by atoms with Crippen molar-refractivity contribution in [2.45, 2.75) is 60.8 Å². The van der Waals surface area contributed by atoms with Gasteiger partial charge in [-0.25, -0.2) is 8.42 Å². The summed E-state index contributed by atoms with van der Waals surface area (Å²) in [4.78, 5) is 39.4. The average Bonchev–Trinajstić information content (AvgIpc) is 3.11. The maximum absolute atomic E-state index is 12.9. The van der Waals surface area contributed by atoms with Crippen molar-refractivity contribution in [2.75, 3.05) is 6.54 Å². The van der Waals surface area contributed by atoms with Gasteiger partial charge in [-0.15, -0.1) is 0 Å². The van der Waals surface area contributed by atoms with E-state index in [1.807, 2.05) is 0 Å². The number of carbonyl (C=O) groups is 3. The molecule has 0 radical (unpaired) electrons. The maximum Gasteiger partial charge on any atom is 0.243 e. The number of imide groups is 1. The van der Waals surface area contributed by atoms with E-state index in [0.29, 0.717) is 17.7 Å². The maximum atomic E-state index is 12.9. The van der Waals surface area contributed by atoms with Crippen LogP contribution >= 0.6 is 0 Å². The zero-order valence-electron chi connectivity index (χ0n) is 14.9. The average molecular weight is 390 g/mol. The Morgan fingerprint density at radius 2 is 1.52 bits per heavy atom. The molecule has 3 amide bonds. The molecule has 3 aliphatic rings. The molecule has 3 fully saturated rings. The predicted molar refractivity (Wildman–Crippen MR) is 96.3 cm³/mol. The highest BCUT2D eigenvalue weighted by atomic mass is 32.2. The fraction of sp³-hybridized carbons (Fsp3) is 0.526. The van der Waals surface area contributed by atoms with Crippen molar-refractivity contribution >= 4 is 27.6 Å². The second-order valence-corrected chi connectivity index (χ2v) is 9.74. The Hall–Kier alpha value is -2.22. The number of carbonyl (C=O) groups excluding carboxylic acids is 3. The lowest BCUT2D eigenvalue weighted by Gasteiger charge is -2.39. The van der Waals surface area contributed by atoms with Crippen molar-refractivity contribution in [3.05, 3.63) is 30.3 Å². The fourth-order valence-electron chi connectivity index (χ4n) is 4.61. The summed E-state index contributed by atoms with van der Waals surface area (Å²) in [6.45, 7) is -0.221. The minimum absolute atomic E-state index is 0.146. The number of hydrogen-bond acceptors (Lipinski definition) is 5. The molecule has 4 rings (SSSR count). The first-order chi connectivity index (χ1) is 12.9. The third kappa shape index (κ3) is 3.16. The molecule has 0 unspecified atom stereocenters. The van der Waals surface area contributed by atoms with E-state index in [4.69, 9.17) is 0 Å². The van der Waals surface area contributed by atoms with Gasteiger partial charge in [0.15, 0.2) is 9.84 Å². The van der Waals surface area contributed by atoms with E-state index >= 15 is 0 Å². The highest BCUT2D eigenvalue weighted by molar-refractivity contribution is 7.92. The smallest absolute Gasteiger partial charge is 0.243 e. The van der Waals surface area contributed by atoms with E-state index in [0.717, 1.165) is 17.7 Å². The van der Waals surface area contributed by atoms with E-state index < -0.39 is 15.1 Å². The lowest BCUT2D eigenvalue weighted by molar-refractivity contribution is -0.147. The van der Waals surface area contributed by atoms with Gasteiger partial charge in [0.2, 0.25) is 17.7 Å². The molecule has 0 saturated carbocycles. The molecule has 27 heavy (non-hydrogen) atoms. The minimum atomic E-state index is -3.43. The standard InChI is InChI=1S/C19H22N2O5S/c22-17-8-9-18(23)20(17)12-19(24)21-13-6-7-14(21)11-16(10-13)27(25,26)15-4-2-1-3-5-15/h1-5,13-14,16H,6-12H2/t13-,14-/m1/s1. The molecule has 2 bridgehead atoms. The van der Waals surface area contributed by atoms with Crippen LogP contribution in [0.25, 0.3) is 0 Å². The van der Waals surface area contributed by atoms with Crippen molar-refractivity contribution < 1.29 is 22.8 Å². The molecule has 2 atom stereocenters. The van der Waals surface area contributed by atoms with Crippen molar-refractivity contribution in [1.82, 2.24) is 9.80 Å². The first-order valence-corrected chi connectivity index (χ1v) is 10.9. The van der Waals surface area contributed by atoms with Crippen LogP contribution in [0.4, 0.5) is 0 Å². The lowest BCUT2D eigenvalue weighted by atomic mass is 10.0. The Morgan fingerprint density at radius 1 is 0.963 bits per heavy atom. The molecule has 7 nitrogen and oxygen atoms in total. The van der Waals surface area contributed by atoms with Crippen LogP contribution in [0.1, 0.15) is 38.5 Å². The number of sulfone groups is 1. The molecule has 144 valence electrons. The molecular formula is C19H22N2O5S. The molecule has 1 aromatic rings. The summed E-state index contributed by atoms with van der Waals surface area (Å²) in [5.41, 5.74) is 0. The van der Waals surface area contributed by atoms with Crippen LogP contribution in [0, 0.1) is 0 Å². The molecule has 0 N–H and O–H groups in total. The van der Waals surface area contributed by atoms with E-state index in [9.17, 15) is 22.8 Å². The topological polar surface area (TPSA) is 91.8 Å². The van der Waals surface area contributed by atoms with Gasteiger partial charge >= 0.3 is 0 Å². The van der Waals surface area contributed by atoms with Crippen molar-refractivity contribution in [2.24, 2.45) is 0 Å². The molecule has 3 heterocycles. The van der Waals surface area contributed by atoms with Crippen LogP contribution in [0.3, 0.4) is 0 Å². The number of rotatable bonds is 4. The third-order valence-corrected chi connectivity index (χ3v) is 8.13. The SMILES string of the molecule is O=C1CCC(=O)N1CC(=O)N1[C@@H]2CC[C@@H]1CC(S(=O)(=O)c1ccccc1)C2. The zero-order chi connectivity index (χ0) is 19.2. The second-order valence-electron chi connectivity index (χ2n) is 7.51. The Labute approximate surface area is 158 Å².